The van der Waals surface area contributed by atoms with Crippen molar-refractivity contribution in [3.8, 4) is 17.2 Å². The summed E-state index contributed by atoms with van der Waals surface area (Å²) in [5, 5.41) is 3.02. The highest BCUT2D eigenvalue weighted by Gasteiger charge is 2.44. The molecule has 0 saturated heterocycles. The maximum Gasteiger partial charge on any atom is 0.255 e. The summed E-state index contributed by atoms with van der Waals surface area (Å²) in [6.07, 6.45) is 0. The van der Waals surface area contributed by atoms with Gasteiger partial charge in [-0.2, -0.15) is 0 Å². The van der Waals surface area contributed by atoms with Crippen molar-refractivity contribution < 1.29 is 28.2 Å². The lowest BCUT2D eigenvalue weighted by molar-refractivity contribution is -0.119. The lowest BCUT2D eigenvalue weighted by Crippen LogP contribution is -2.45. The van der Waals surface area contributed by atoms with Gasteiger partial charge in [-0.3, -0.25) is 9.59 Å². The number of carbonyl (C=O) groups is 2. The predicted molar refractivity (Wildman–Crippen MR) is 149 cm³/mol. The Morgan fingerprint density at radius 2 is 1.55 bits per heavy atom. The second-order valence-electron chi connectivity index (χ2n) is 9.40. The number of hydrogen-bond donors (Lipinski definition) is 1. The molecule has 0 aliphatic carbocycles. The molecule has 4 aromatic carbocycles. The van der Waals surface area contributed by atoms with Crippen LogP contribution in [0, 0.1) is 5.82 Å². The largest absolute Gasteiger partial charge is 0.497 e. The number of nitrogens with zero attached hydrogens (tertiary/aromatic N) is 1. The third-order valence-corrected chi connectivity index (χ3v) is 7.10. The summed E-state index contributed by atoms with van der Waals surface area (Å²) in [6.45, 7) is 0.185. The highest BCUT2D eigenvalue weighted by Crippen LogP contribution is 2.44. The molecule has 0 saturated carbocycles. The topological polar surface area (TPSA) is 77.1 Å². The summed E-state index contributed by atoms with van der Waals surface area (Å²) in [5.41, 5.74) is 3.10. The molecular formula is C32H29FN2O5. The second-order valence-corrected chi connectivity index (χ2v) is 9.40. The Labute approximate surface area is 232 Å². The van der Waals surface area contributed by atoms with Crippen LogP contribution < -0.4 is 19.5 Å². The first-order valence-electron chi connectivity index (χ1n) is 12.7. The van der Waals surface area contributed by atoms with Gasteiger partial charge in [0.1, 0.15) is 11.6 Å². The Morgan fingerprint density at radius 1 is 0.850 bits per heavy atom. The van der Waals surface area contributed by atoms with E-state index in [1.165, 1.54) is 19.2 Å². The minimum absolute atomic E-state index is 0.185. The van der Waals surface area contributed by atoms with Crippen molar-refractivity contribution >= 4 is 17.5 Å². The molecule has 4 aromatic rings. The molecule has 40 heavy (non-hydrogen) atoms. The van der Waals surface area contributed by atoms with Gasteiger partial charge in [0.05, 0.1) is 33.3 Å². The van der Waals surface area contributed by atoms with Gasteiger partial charge in [0.2, 0.25) is 5.91 Å². The number of ether oxygens (including phenoxy) is 3. The van der Waals surface area contributed by atoms with Crippen LogP contribution in [0.1, 0.15) is 39.0 Å². The molecule has 1 N–H and O–H groups in total. The second kappa shape index (κ2) is 11.5. The van der Waals surface area contributed by atoms with Gasteiger partial charge in [-0.15, -0.1) is 0 Å². The normalized spacial score (nSPS) is 16.2. The molecule has 1 heterocycles. The summed E-state index contributed by atoms with van der Waals surface area (Å²) in [5.74, 6) is 0.0457. The van der Waals surface area contributed by atoms with Gasteiger partial charge < -0.3 is 24.4 Å². The summed E-state index contributed by atoms with van der Waals surface area (Å²) >= 11 is 0. The number of halogens is 1. The summed E-state index contributed by atoms with van der Waals surface area (Å²) in [4.78, 5) is 29.8. The van der Waals surface area contributed by atoms with Crippen LogP contribution in [0.2, 0.25) is 0 Å². The van der Waals surface area contributed by atoms with Crippen LogP contribution in [0.5, 0.6) is 17.2 Å². The van der Waals surface area contributed by atoms with Crippen molar-refractivity contribution in [3.63, 3.8) is 0 Å². The van der Waals surface area contributed by atoms with E-state index in [0.717, 1.165) is 11.1 Å². The average molecular weight is 541 g/mol. The standard InChI is InChI=1S/C32H29FN2O5/c1-38-24-15-10-21(11-16-24)30-29(31(36)34-23-14-17-27(39-2)28(18-23)40-3)25-6-4-5-7-26(25)32(37)35(30)19-20-8-12-22(33)13-9-20/h4-18,29-30H,19H2,1-3H3,(H,34,36)/t29-,30+/m0/s1. The van der Waals surface area contributed by atoms with Gasteiger partial charge in [0.15, 0.2) is 11.5 Å². The van der Waals surface area contributed by atoms with Crippen molar-refractivity contribution in [1.29, 1.82) is 0 Å². The van der Waals surface area contributed by atoms with Gasteiger partial charge in [0.25, 0.3) is 5.91 Å². The van der Waals surface area contributed by atoms with Gasteiger partial charge in [-0.1, -0.05) is 42.5 Å². The van der Waals surface area contributed by atoms with E-state index in [2.05, 4.69) is 5.32 Å². The zero-order chi connectivity index (χ0) is 28.2. The Morgan fingerprint density at radius 3 is 2.23 bits per heavy atom. The zero-order valence-corrected chi connectivity index (χ0v) is 22.4. The van der Waals surface area contributed by atoms with Gasteiger partial charge in [0, 0.05) is 23.9 Å². The first-order chi connectivity index (χ1) is 19.4. The minimum atomic E-state index is -0.754. The summed E-state index contributed by atoms with van der Waals surface area (Å²) < 4.78 is 29.7. The van der Waals surface area contributed by atoms with Crippen molar-refractivity contribution in [2.45, 2.75) is 18.5 Å². The molecule has 0 spiro atoms. The van der Waals surface area contributed by atoms with Crippen molar-refractivity contribution in [2.24, 2.45) is 0 Å². The predicted octanol–water partition coefficient (Wildman–Crippen LogP) is 5.97. The molecule has 1 aliphatic heterocycles. The molecule has 5 rings (SSSR count). The first kappa shape index (κ1) is 26.7. The highest BCUT2D eigenvalue weighted by atomic mass is 19.1. The molecule has 7 nitrogen and oxygen atoms in total. The molecule has 0 fully saturated rings. The fraction of sp³-hybridized carbons (Fsp3) is 0.188. The maximum absolute atomic E-state index is 14.1. The lowest BCUT2D eigenvalue weighted by Gasteiger charge is -2.42. The highest BCUT2D eigenvalue weighted by molar-refractivity contribution is 6.04. The number of nitrogens with one attached hydrogen (secondary N) is 1. The fourth-order valence-corrected chi connectivity index (χ4v) is 5.14. The van der Waals surface area contributed by atoms with Crippen molar-refractivity contribution in [2.75, 3.05) is 26.6 Å². The Bertz CT molecular complexity index is 1520. The SMILES string of the molecule is COc1ccc([C@@H]2[C@@H](C(=O)Nc3ccc(OC)c(OC)c3)c3ccccc3C(=O)N2Cc2ccc(F)cc2)cc1. The van der Waals surface area contributed by atoms with Gasteiger partial charge in [-0.25, -0.2) is 4.39 Å². The first-order valence-corrected chi connectivity index (χ1v) is 12.7. The van der Waals surface area contributed by atoms with E-state index in [9.17, 15) is 14.0 Å². The van der Waals surface area contributed by atoms with E-state index in [4.69, 9.17) is 14.2 Å². The van der Waals surface area contributed by atoms with Crippen molar-refractivity contribution in [3.05, 3.63) is 119 Å². The van der Waals surface area contributed by atoms with E-state index >= 15 is 0 Å². The lowest BCUT2D eigenvalue weighted by atomic mass is 9.79. The van der Waals surface area contributed by atoms with Crippen LogP contribution >= 0.6 is 0 Å². The molecule has 2 atom stereocenters. The minimum Gasteiger partial charge on any atom is -0.497 e. The van der Waals surface area contributed by atoms with E-state index in [1.807, 2.05) is 24.3 Å². The van der Waals surface area contributed by atoms with Crippen LogP contribution in [0.15, 0.2) is 91.0 Å². The summed E-state index contributed by atoms with van der Waals surface area (Å²) in [7, 11) is 4.65. The van der Waals surface area contributed by atoms with Crippen molar-refractivity contribution in [1.82, 2.24) is 4.90 Å². The zero-order valence-electron chi connectivity index (χ0n) is 22.4. The van der Waals surface area contributed by atoms with Crippen LogP contribution in [-0.2, 0) is 11.3 Å². The number of hydrogen-bond acceptors (Lipinski definition) is 5. The third kappa shape index (κ3) is 5.20. The van der Waals surface area contributed by atoms with E-state index in [1.54, 1.807) is 73.7 Å². The van der Waals surface area contributed by atoms with Crippen LogP contribution in [0.3, 0.4) is 0 Å². The number of amides is 2. The molecule has 1 aliphatic rings. The molecule has 204 valence electrons. The summed E-state index contributed by atoms with van der Waals surface area (Å²) in [6, 6.07) is 25.0. The van der Waals surface area contributed by atoms with Crippen LogP contribution in [0.4, 0.5) is 10.1 Å². The third-order valence-electron chi connectivity index (χ3n) is 7.10. The number of rotatable bonds is 8. The Kier molecular flexibility index (Phi) is 7.68. The smallest absolute Gasteiger partial charge is 0.255 e. The number of methoxy groups -OCH3 is 3. The van der Waals surface area contributed by atoms with Gasteiger partial charge >= 0.3 is 0 Å². The van der Waals surface area contributed by atoms with E-state index < -0.39 is 12.0 Å². The fourth-order valence-electron chi connectivity index (χ4n) is 5.14. The van der Waals surface area contributed by atoms with Crippen LogP contribution in [0.25, 0.3) is 0 Å². The maximum atomic E-state index is 14.1. The number of carbonyl (C=O) groups excluding carboxylic acids is 2. The average Bonchev–Trinajstić information content (AvgIpc) is 2.99. The number of anilines is 1. The molecule has 0 unspecified atom stereocenters. The number of benzene rings is 4. The molecule has 0 bridgehead atoms. The molecule has 2 amide bonds. The quantitative estimate of drug-likeness (QED) is 0.298. The molecule has 0 radical (unpaired) electrons. The van der Waals surface area contributed by atoms with Crippen LogP contribution in [-0.4, -0.2) is 38.0 Å². The Balaban J connectivity index is 1.61. The Hall–Kier alpha value is -4.85. The molecular weight excluding hydrogens is 511 g/mol. The van der Waals surface area contributed by atoms with E-state index in [-0.39, 0.29) is 24.2 Å². The monoisotopic (exact) mass is 540 g/mol. The van der Waals surface area contributed by atoms with Gasteiger partial charge in [-0.05, 0) is 59.2 Å². The molecule has 8 heteroatoms. The van der Waals surface area contributed by atoms with E-state index in [0.29, 0.717) is 34.1 Å². The number of fused-ring (bicyclic) bond motifs is 1. The molecule has 0 aromatic heterocycles.